The Morgan fingerprint density at radius 1 is 1.17 bits per heavy atom. The summed E-state index contributed by atoms with van der Waals surface area (Å²) < 4.78 is 7.77. The van der Waals surface area contributed by atoms with Crippen molar-refractivity contribution >= 4 is 33.5 Å². The minimum atomic E-state index is -0.136. The third-order valence-electron chi connectivity index (χ3n) is 5.60. The summed E-state index contributed by atoms with van der Waals surface area (Å²) in [5, 5.41) is 10.6. The molecule has 0 aliphatic carbocycles. The lowest BCUT2D eigenvalue weighted by Gasteiger charge is -2.38. The van der Waals surface area contributed by atoms with Crippen LogP contribution in [0, 0.1) is 6.92 Å². The van der Waals surface area contributed by atoms with Crippen LogP contribution in [0.2, 0.25) is 0 Å². The molecule has 5 rings (SSSR count). The lowest BCUT2D eigenvalue weighted by molar-refractivity contribution is -0.0417. The Hall–Kier alpha value is -3.45. The molecule has 152 valence electrons. The number of likely N-dealkylation sites (tertiary alicyclic amines) is 1. The normalized spacial score (nSPS) is 14.3. The standard InChI is InChI=1S/C23H23N5O2/c1-15-21-10-18(11-24-22(21)27(2)26-15)25-23(29)28-12-19(13-28)30-14-17-8-5-7-16-6-3-4-9-20(16)17/h3-11,19H,12-14H2,1-2H3,(H,25,29). The summed E-state index contributed by atoms with van der Waals surface area (Å²) in [6.45, 7) is 3.64. The lowest BCUT2D eigenvalue weighted by Crippen LogP contribution is -2.56. The number of anilines is 1. The zero-order valence-electron chi connectivity index (χ0n) is 17.0. The maximum atomic E-state index is 12.5. The van der Waals surface area contributed by atoms with Gasteiger partial charge in [-0.15, -0.1) is 0 Å². The highest BCUT2D eigenvalue weighted by Crippen LogP contribution is 2.23. The van der Waals surface area contributed by atoms with Gasteiger partial charge in [0.1, 0.15) is 0 Å². The van der Waals surface area contributed by atoms with E-state index in [-0.39, 0.29) is 12.1 Å². The Kier molecular flexibility index (Phi) is 4.59. The summed E-state index contributed by atoms with van der Waals surface area (Å²) in [6.07, 6.45) is 1.71. The fourth-order valence-corrected chi connectivity index (χ4v) is 3.91. The van der Waals surface area contributed by atoms with E-state index in [1.807, 2.05) is 32.2 Å². The molecule has 0 spiro atoms. The monoisotopic (exact) mass is 401 g/mol. The van der Waals surface area contributed by atoms with Gasteiger partial charge >= 0.3 is 6.03 Å². The van der Waals surface area contributed by atoms with Gasteiger partial charge in [-0.1, -0.05) is 42.5 Å². The second-order valence-electron chi connectivity index (χ2n) is 7.71. The van der Waals surface area contributed by atoms with Gasteiger partial charge in [0.15, 0.2) is 5.65 Å². The summed E-state index contributed by atoms with van der Waals surface area (Å²) in [6, 6.07) is 16.3. The summed E-state index contributed by atoms with van der Waals surface area (Å²) in [4.78, 5) is 18.7. The van der Waals surface area contributed by atoms with Crippen LogP contribution in [0.25, 0.3) is 21.8 Å². The first-order chi connectivity index (χ1) is 14.6. The third-order valence-corrected chi connectivity index (χ3v) is 5.60. The molecule has 1 aliphatic heterocycles. The number of aryl methyl sites for hydroxylation is 2. The fourth-order valence-electron chi connectivity index (χ4n) is 3.91. The Balaban J connectivity index is 1.17. The van der Waals surface area contributed by atoms with Crippen molar-refractivity contribution < 1.29 is 9.53 Å². The van der Waals surface area contributed by atoms with Crippen molar-refractivity contribution in [2.75, 3.05) is 18.4 Å². The van der Waals surface area contributed by atoms with E-state index in [1.165, 1.54) is 16.3 Å². The molecular weight excluding hydrogens is 378 g/mol. The summed E-state index contributed by atoms with van der Waals surface area (Å²) in [5.74, 6) is 0. The number of nitrogens with zero attached hydrogens (tertiary/aromatic N) is 4. The van der Waals surface area contributed by atoms with Gasteiger partial charge in [0.2, 0.25) is 0 Å². The van der Waals surface area contributed by atoms with Gasteiger partial charge in [-0.2, -0.15) is 5.10 Å². The molecule has 30 heavy (non-hydrogen) atoms. The van der Waals surface area contributed by atoms with Crippen LogP contribution in [0.5, 0.6) is 0 Å². The molecule has 7 nitrogen and oxygen atoms in total. The number of nitrogens with one attached hydrogen (secondary N) is 1. The van der Waals surface area contributed by atoms with Crippen molar-refractivity contribution in [3.63, 3.8) is 0 Å². The van der Waals surface area contributed by atoms with E-state index in [4.69, 9.17) is 4.74 Å². The van der Waals surface area contributed by atoms with Crippen LogP contribution in [0.1, 0.15) is 11.3 Å². The van der Waals surface area contributed by atoms with Crippen molar-refractivity contribution in [2.24, 2.45) is 7.05 Å². The van der Waals surface area contributed by atoms with E-state index in [9.17, 15) is 4.79 Å². The van der Waals surface area contributed by atoms with Crippen molar-refractivity contribution in [1.82, 2.24) is 19.7 Å². The van der Waals surface area contributed by atoms with Gasteiger partial charge in [0, 0.05) is 12.4 Å². The number of hydrogen-bond donors (Lipinski definition) is 1. The molecule has 1 saturated heterocycles. The number of rotatable bonds is 4. The van der Waals surface area contributed by atoms with Gasteiger partial charge in [-0.05, 0) is 29.3 Å². The minimum Gasteiger partial charge on any atom is -0.370 e. The van der Waals surface area contributed by atoms with Crippen molar-refractivity contribution in [1.29, 1.82) is 0 Å². The highest BCUT2D eigenvalue weighted by molar-refractivity contribution is 5.92. The second kappa shape index (κ2) is 7.42. The highest BCUT2D eigenvalue weighted by Gasteiger charge is 2.31. The first kappa shape index (κ1) is 18.6. The number of ether oxygens (including phenoxy) is 1. The number of carbonyl (C=O) groups excluding carboxylic acids is 1. The molecule has 0 bridgehead atoms. The van der Waals surface area contributed by atoms with Crippen LogP contribution in [0.3, 0.4) is 0 Å². The predicted octanol–water partition coefficient (Wildman–Crippen LogP) is 3.86. The number of aromatic nitrogens is 3. The fraction of sp³-hybridized carbons (Fsp3) is 0.261. The van der Waals surface area contributed by atoms with E-state index in [0.717, 1.165) is 16.7 Å². The number of carbonyl (C=O) groups is 1. The average Bonchev–Trinajstić information content (AvgIpc) is 3.00. The first-order valence-corrected chi connectivity index (χ1v) is 10.0. The molecule has 0 radical (unpaired) electrons. The highest BCUT2D eigenvalue weighted by atomic mass is 16.5. The quantitative estimate of drug-likeness (QED) is 0.564. The summed E-state index contributed by atoms with van der Waals surface area (Å²) in [7, 11) is 1.86. The molecule has 3 heterocycles. The Bertz CT molecular complexity index is 1240. The zero-order chi connectivity index (χ0) is 20.7. The Labute approximate surface area is 174 Å². The number of fused-ring (bicyclic) bond motifs is 2. The van der Waals surface area contributed by atoms with Crippen LogP contribution < -0.4 is 5.32 Å². The third kappa shape index (κ3) is 3.37. The van der Waals surface area contributed by atoms with Crippen LogP contribution >= 0.6 is 0 Å². The number of hydrogen-bond acceptors (Lipinski definition) is 4. The Morgan fingerprint density at radius 3 is 2.83 bits per heavy atom. The molecule has 2 amide bonds. The van der Waals surface area contributed by atoms with Gasteiger partial charge < -0.3 is 15.0 Å². The Morgan fingerprint density at radius 2 is 1.97 bits per heavy atom. The van der Waals surface area contributed by atoms with Gasteiger partial charge in [0.25, 0.3) is 0 Å². The van der Waals surface area contributed by atoms with E-state index in [2.05, 4.69) is 45.7 Å². The largest absolute Gasteiger partial charge is 0.370 e. The maximum absolute atomic E-state index is 12.5. The molecule has 1 N–H and O–H groups in total. The molecule has 1 fully saturated rings. The molecule has 0 saturated carbocycles. The second-order valence-corrected chi connectivity index (χ2v) is 7.71. The number of pyridine rings is 1. The van der Waals surface area contributed by atoms with Gasteiger partial charge in [-0.3, -0.25) is 4.68 Å². The molecule has 0 atom stereocenters. The van der Waals surface area contributed by atoms with Crippen molar-refractivity contribution in [2.45, 2.75) is 19.6 Å². The topological polar surface area (TPSA) is 72.3 Å². The molecule has 2 aromatic carbocycles. The van der Waals surface area contributed by atoms with Crippen LogP contribution in [0.15, 0.2) is 54.7 Å². The van der Waals surface area contributed by atoms with Crippen LogP contribution in [-0.2, 0) is 18.4 Å². The molecule has 2 aromatic heterocycles. The van der Waals surface area contributed by atoms with E-state index >= 15 is 0 Å². The SMILES string of the molecule is Cc1nn(C)c2ncc(NC(=O)N3CC(OCc4cccc5ccccc45)C3)cc12. The van der Waals surface area contributed by atoms with E-state index in [0.29, 0.717) is 25.4 Å². The van der Waals surface area contributed by atoms with E-state index < -0.39 is 0 Å². The molecular formula is C23H23N5O2. The number of benzene rings is 2. The average molecular weight is 401 g/mol. The van der Waals surface area contributed by atoms with Gasteiger partial charge in [0.05, 0.1) is 43.4 Å². The van der Waals surface area contributed by atoms with Crippen molar-refractivity contribution in [3.8, 4) is 0 Å². The molecule has 1 aliphatic rings. The zero-order valence-corrected chi connectivity index (χ0v) is 17.0. The molecule has 0 unspecified atom stereocenters. The lowest BCUT2D eigenvalue weighted by atomic mass is 10.1. The molecule has 4 aromatic rings. The summed E-state index contributed by atoms with van der Waals surface area (Å²) in [5.41, 5.74) is 3.53. The van der Waals surface area contributed by atoms with Crippen LogP contribution in [-0.4, -0.2) is 44.9 Å². The van der Waals surface area contributed by atoms with E-state index in [1.54, 1.807) is 15.8 Å². The summed E-state index contributed by atoms with van der Waals surface area (Å²) >= 11 is 0. The smallest absolute Gasteiger partial charge is 0.322 e. The van der Waals surface area contributed by atoms with Crippen molar-refractivity contribution in [3.05, 3.63) is 66.0 Å². The predicted molar refractivity (Wildman–Crippen MR) is 116 cm³/mol. The first-order valence-electron chi connectivity index (χ1n) is 10.0. The van der Waals surface area contributed by atoms with Gasteiger partial charge in [-0.25, -0.2) is 9.78 Å². The number of amides is 2. The number of urea groups is 1. The maximum Gasteiger partial charge on any atom is 0.322 e. The van der Waals surface area contributed by atoms with Crippen LogP contribution in [0.4, 0.5) is 10.5 Å². The molecule has 7 heteroatoms. The minimum absolute atomic E-state index is 0.0518.